The summed E-state index contributed by atoms with van der Waals surface area (Å²) < 4.78 is 5.23. The normalized spacial score (nSPS) is 12.4. The molecule has 0 aliphatic rings. The first kappa shape index (κ1) is 21.5. The molecule has 1 aromatic carbocycles. The maximum Gasteiger partial charge on any atom is 0.326 e. The third-order valence-electron chi connectivity index (χ3n) is 4.37. The standard InChI is InChI=1S/C19H19N5O5/c1-29-17(7-12-9-22-15-4-2-11(8-20)6-14(12)15)18(26)24-16(19(27)28)5-3-13(25)10-23-21/h2,4,6,9-10,16-17,22H,3,5,7H2,1H3,(H,24,26)(H,27,28)/t16-,17-/m0/s1. The predicted octanol–water partition coefficient (Wildman–Crippen LogP) is 0.816. The molecule has 0 saturated heterocycles. The van der Waals surface area contributed by atoms with Crippen molar-refractivity contribution in [3.8, 4) is 6.07 Å². The molecule has 0 aliphatic heterocycles. The molecule has 0 unspecified atom stereocenters. The number of carbonyl (C=O) groups is 3. The summed E-state index contributed by atoms with van der Waals surface area (Å²) in [7, 11) is 1.33. The van der Waals surface area contributed by atoms with E-state index < -0.39 is 29.8 Å². The molecule has 2 rings (SSSR count). The van der Waals surface area contributed by atoms with Gasteiger partial charge in [-0.1, -0.05) is 0 Å². The number of Topliss-reactive ketones (excluding diaryl/α,β-unsaturated/α-hetero) is 1. The number of hydrogen-bond donors (Lipinski definition) is 3. The number of fused-ring (bicyclic) bond motifs is 1. The van der Waals surface area contributed by atoms with E-state index in [1.54, 1.807) is 24.4 Å². The van der Waals surface area contributed by atoms with Crippen molar-refractivity contribution in [1.29, 1.82) is 5.26 Å². The second-order valence-corrected chi connectivity index (χ2v) is 6.26. The molecule has 0 saturated carbocycles. The van der Waals surface area contributed by atoms with Crippen molar-refractivity contribution in [3.63, 3.8) is 0 Å². The first-order valence-electron chi connectivity index (χ1n) is 8.66. The second kappa shape index (κ2) is 9.94. The minimum Gasteiger partial charge on any atom is -0.480 e. The number of benzene rings is 1. The van der Waals surface area contributed by atoms with E-state index >= 15 is 0 Å². The Bertz CT molecular complexity index is 1020. The van der Waals surface area contributed by atoms with Gasteiger partial charge in [-0.15, -0.1) is 0 Å². The average molecular weight is 397 g/mol. The Hall–Kier alpha value is -3.80. The van der Waals surface area contributed by atoms with E-state index in [2.05, 4.69) is 21.2 Å². The lowest BCUT2D eigenvalue weighted by molar-refractivity contribution is -0.144. The van der Waals surface area contributed by atoms with E-state index in [-0.39, 0.29) is 19.3 Å². The number of ether oxygens (including phenoxy) is 1. The summed E-state index contributed by atoms with van der Waals surface area (Å²) in [6.07, 6.45) is 1.17. The number of aromatic nitrogens is 1. The second-order valence-electron chi connectivity index (χ2n) is 6.26. The van der Waals surface area contributed by atoms with Crippen LogP contribution in [0, 0.1) is 11.3 Å². The monoisotopic (exact) mass is 397 g/mol. The molecule has 0 radical (unpaired) electrons. The van der Waals surface area contributed by atoms with Crippen LogP contribution in [0.25, 0.3) is 16.4 Å². The van der Waals surface area contributed by atoms with Gasteiger partial charge in [-0.05, 0) is 30.2 Å². The molecule has 1 heterocycles. The molecule has 150 valence electrons. The molecule has 0 bridgehead atoms. The van der Waals surface area contributed by atoms with Crippen molar-refractivity contribution in [2.45, 2.75) is 31.4 Å². The summed E-state index contributed by atoms with van der Waals surface area (Å²) in [6.45, 7) is 0. The fraction of sp³-hybridized carbons (Fsp3) is 0.316. The van der Waals surface area contributed by atoms with Gasteiger partial charge in [0.05, 0.1) is 11.6 Å². The maximum atomic E-state index is 12.5. The van der Waals surface area contributed by atoms with Crippen LogP contribution < -0.4 is 5.32 Å². The number of aromatic amines is 1. The molecule has 0 fully saturated rings. The lowest BCUT2D eigenvalue weighted by atomic mass is 10.0. The zero-order chi connectivity index (χ0) is 21.4. The molecule has 29 heavy (non-hydrogen) atoms. The zero-order valence-electron chi connectivity index (χ0n) is 15.6. The summed E-state index contributed by atoms with van der Waals surface area (Å²) in [5.74, 6) is -2.51. The number of H-pyrrole nitrogens is 1. The minimum atomic E-state index is -1.30. The van der Waals surface area contributed by atoms with E-state index in [0.29, 0.717) is 11.8 Å². The number of nitrogens with one attached hydrogen (secondary N) is 2. The van der Waals surface area contributed by atoms with Crippen LogP contribution in [0.15, 0.2) is 24.4 Å². The van der Waals surface area contributed by atoms with Gasteiger partial charge in [0.2, 0.25) is 11.7 Å². The van der Waals surface area contributed by atoms with E-state index in [4.69, 9.17) is 15.5 Å². The number of aliphatic carboxylic acids is 1. The Morgan fingerprint density at radius 3 is 2.83 bits per heavy atom. The van der Waals surface area contributed by atoms with Gasteiger partial charge in [-0.3, -0.25) is 9.59 Å². The number of nitriles is 1. The molecule has 0 spiro atoms. The van der Waals surface area contributed by atoms with Crippen molar-refractivity contribution < 1.29 is 29.0 Å². The van der Waals surface area contributed by atoms with Crippen LogP contribution in [-0.4, -0.2) is 58.0 Å². The highest BCUT2D eigenvalue weighted by Crippen LogP contribution is 2.21. The van der Waals surface area contributed by atoms with Crippen LogP contribution in [0.2, 0.25) is 0 Å². The number of carboxylic acids is 1. The van der Waals surface area contributed by atoms with Crippen LogP contribution in [0.3, 0.4) is 0 Å². The fourth-order valence-corrected chi connectivity index (χ4v) is 2.84. The highest BCUT2D eigenvalue weighted by atomic mass is 16.5. The van der Waals surface area contributed by atoms with Crippen molar-refractivity contribution in [3.05, 3.63) is 41.1 Å². The zero-order valence-corrected chi connectivity index (χ0v) is 15.6. The summed E-state index contributed by atoms with van der Waals surface area (Å²) >= 11 is 0. The Kier molecular flexibility index (Phi) is 7.37. The average Bonchev–Trinajstić information content (AvgIpc) is 3.10. The molecule has 10 heteroatoms. The molecule has 2 aromatic rings. The fourth-order valence-electron chi connectivity index (χ4n) is 2.84. The quantitative estimate of drug-likeness (QED) is 0.304. The highest BCUT2D eigenvalue weighted by molar-refractivity contribution is 6.25. The number of carbonyl (C=O) groups excluding carboxylic acids is 2. The van der Waals surface area contributed by atoms with E-state index in [1.807, 2.05) is 0 Å². The van der Waals surface area contributed by atoms with Gasteiger partial charge in [-0.25, -0.2) is 4.79 Å². The number of carboxylic acid groups (broad SMARTS) is 1. The van der Waals surface area contributed by atoms with Crippen molar-refractivity contribution in [2.75, 3.05) is 7.11 Å². The number of hydrogen-bond acceptors (Lipinski definition) is 5. The van der Waals surface area contributed by atoms with E-state index in [1.165, 1.54) is 7.11 Å². The van der Waals surface area contributed by atoms with Gasteiger partial charge in [0.25, 0.3) is 0 Å². The number of methoxy groups -OCH3 is 1. The van der Waals surface area contributed by atoms with E-state index in [0.717, 1.165) is 16.5 Å². The molecule has 1 amide bonds. The molecule has 10 nitrogen and oxygen atoms in total. The number of nitrogens with zero attached hydrogens (tertiary/aromatic N) is 3. The van der Waals surface area contributed by atoms with Crippen LogP contribution >= 0.6 is 0 Å². The largest absolute Gasteiger partial charge is 0.480 e. The van der Waals surface area contributed by atoms with Gasteiger partial charge >= 0.3 is 12.2 Å². The molecular formula is C19H19N5O5. The lowest BCUT2D eigenvalue weighted by Gasteiger charge is -2.19. The van der Waals surface area contributed by atoms with Crippen molar-refractivity contribution >= 4 is 34.8 Å². The van der Waals surface area contributed by atoms with Gasteiger partial charge in [0, 0.05) is 37.1 Å². The first-order valence-corrected chi connectivity index (χ1v) is 8.66. The van der Waals surface area contributed by atoms with Gasteiger partial charge in [0.15, 0.2) is 0 Å². The Balaban J connectivity index is 2.11. The predicted molar refractivity (Wildman–Crippen MR) is 101 cm³/mol. The van der Waals surface area contributed by atoms with Crippen molar-refractivity contribution in [2.24, 2.45) is 0 Å². The summed E-state index contributed by atoms with van der Waals surface area (Å²) in [5, 5.41) is 21.5. The van der Waals surface area contributed by atoms with Gasteiger partial charge in [0.1, 0.15) is 12.1 Å². The third-order valence-corrected chi connectivity index (χ3v) is 4.37. The Morgan fingerprint density at radius 1 is 1.45 bits per heavy atom. The Labute approximate surface area is 165 Å². The van der Waals surface area contributed by atoms with Crippen LogP contribution in [0.5, 0.6) is 0 Å². The van der Waals surface area contributed by atoms with Crippen LogP contribution in [0.1, 0.15) is 24.0 Å². The SMILES string of the molecule is CO[C@@H](Cc1c[nH]c2ccc(C#N)cc12)C(=O)N[C@@H](CCC(=O)C=[N+]=[N-])C(=O)O. The van der Waals surface area contributed by atoms with E-state index in [9.17, 15) is 19.5 Å². The van der Waals surface area contributed by atoms with Gasteiger partial charge < -0.3 is 25.7 Å². The molecule has 3 N–H and O–H groups in total. The van der Waals surface area contributed by atoms with Crippen LogP contribution in [-0.2, 0) is 25.5 Å². The molecular weight excluding hydrogens is 378 g/mol. The summed E-state index contributed by atoms with van der Waals surface area (Å²) in [6, 6.07) is 5.87. The number of ketones is 1. The highest BCUT2D eigenvalue weighted by Gasteiger charge is 2.26. The summed E-state index contributed by atoms with van der Waals surface area (Å²) in [4.78, 5) is 40.9. The van der Waals surface area contributed by atoms with Crippen LogP contribution in [0.4, 0.5) is 0 Å². The Morgan fingerprint density at radius 2 is 2.21 bits per heavy atom. The number of rotatable bonds is 10. The molecule has 0 aliphatic carbocycles. The maximum absolute atomic E-state index is 12.5. The lowest BCUT2D eigenvalue weighted by Crippen LogP contribution is -2.46. The minimum absolute atomic E-state index is 0.152. The smallest absolute Gasteiger partial charge is 0.326 e. The topological polar surface area (TPSA) is 169 Å². The molecule has 2 atom stereocenters. The third kappa shape index (κ3) is 5.59. The van der Waals surface area contributed by atoms with Gasteiger partial charge in [-0.2, -0.15) is 10.1 Å². The first-order chi connectivity index (χ1) is 13.9. The summed E-state index contributed by atoms with van der Waals surface area (Å²) in [5.41, 5.74) is 10.3. The van der Waals surface area contributed by atoms with Crippen molar-refractivity contribution in [1.82, 2.24) is 10.3 Å². The molecule has 1 aromatic heterocycles. The number of amides is 1.